The van der Waals surface area contributed by atoms with Crippen LogP contribution in [0.2, 0.25) is 0 Å². The van der Waals surface area contributed by atoms with Crippen LogP contribution in [0.3, 0.4) is 0 Å². The van der Waals surface area contributed by atoms with E-state index >= 15 is 0 Å². The summed E-state index contributed by atoms with van der Waals surface area (Å²) in [4.78, 5) is 24.5. The molecule has 6 nitrogen and oxygen atoms in total. The average molecular weight is 422 g/mol. The van der Waals surface area contributed by atoms with Crippen LogP contribution in [0.5, 0.6) is 5.75 Å². The van der Waals surface area contributed by atoms with Crippen LogP contribution in [0.15, 0.2) is 30.3 Å². The van der Waals surface area contributed by atoms with Crippen molar-refractivity contribution in [2.24, 2.45) is 5.92 Å². The molecule has 0 saturated heterocycles. The average Bonchev–Trinajstić information content (AvgIpc) is 2.66. The second-order valence-corrected chi connectivity index (χ2v) is 8.69. The molecule has 170 valence electrons. The van der Waals surface area contributed by atoms with Gasteiger partial charge in [0.05, 0.1) is 0 Å². The Morgan fingerprint density at radius 2 is 1.70 bits per heavy atom. The second-order valence-electron chi connectivity index (χ2n) is 8.69. The van der Waals surface area contributed by atoms with Gasteiger partial charge in [0.2, 0.25) is 0 Å². The van der Waals surface area contributed by atoms with E-state index in [0.717, 1.165) is 31.4 Å². The molecule has 0 aromatic heterocycles. The third kappa shape index (κ3) is 9.51. The monoisotopic (exact) mass is 421 g/mol. The van der Waals surface area contributed by atoms with Gasteiger partial charge in [-0.25, -0.2) is 9.59 Å². The topological polar surface area (TPSA) is 73.9 Å². The number of alkyl carbamates (subject to hydrolysis) is 1. The van der Waals surface area contributed by atoms with E-state index in [4.69, 9.17) is 14.2 Å². The van der Waals surface area contributed by atoms with Gasteiger partial charge >= 0.3 is 12.1 Å². The SMILES string of the molecule is CCCC[C@@H]([C@H](C)OC(=O)[C@H](C)NC(=O)OC(C)(C)C)[C@@H](CC)Oc1ccccc1. The molecule has 1 rings (SSSR count). The van der Waals surface area contributed by atoms with Gasteiger partial charge in [0.15, 0.2) is 0 Å². The van der Waals surface area contributed by atoms with Crippen molar-refractivity contribution >= 4 is 12.1 Å². The number of rotatable bonds is 11. The molecule has 0 saturated carbocycles. The van der Waals surface area contributed by atoms with Crippen LogP contribution < -0.4 is 10.1 Å². The fourth-order valence-electron chi connectivity index (χ4n) is 3.23. The Hall–Kier alpha value is -2.24. The Balaban J connectivity index is 2.77. The minimum Gasteiger partial charge on any atom is -0.490 e. The van der Waals surface area contributed by atoms with E-state index in [0.29, 0.717) is 0 Å². The number of ether oxygens (including phenoxy) is 3. The van der Waals surface area contributed by atoms with E-state index in [-0.39, 0.29) is 18.1 Å². The maximum Gasteiger partial charge on any atom is 0.408 e. The molecular formula is C24H39NO5. The van der Waals surface area contributed by atoms with Crippen molar-refractivity contribution in [2.45, 2.75) is 98.0 Å². The predicted octanol–water partition coefficient (Wildman–Crippen LogP) is 5.50. The van der Waals surface area contributed by atoms with Gasteiger partial charge in [-0.3, -0.25) is 0 Å². The number of hydrogen-bond donors (Lipinski definition) is 1. The molecule has 1 N–H and O–H groups in total. The zero-order valence-electron chi connectivity index (χ0n) is 19.6. The summed E-state index contributed by atoms with van der Waals surface area (Å²) in [5, 5.41) is 2.54. The van der Waals surface area contributed by atoms with E-state index in [1.807, 2.05) is 37.3 Å². The van der Waals surface area contributed by atoms with Gasteiger partial charge in [0.25, 0.3) is 0 Å². The van der Waals surface area contributed by atoms with Crippen molar-refractivity contribution < 1.29 is 23.8 Å². The molecule has 1 amide bonds. The van der Waals surface area contributed by atoms with Crippen molar-refractivity contribution in [2.75, 3.05) is 0 Å². The molecular weight excluding hydrogens is 382 g/mol. The second kappa shape index (κ2) is 12.5. The number of esters is 1. The van der Waals surface area contributed by atoms with Crippen molar-refractivity contribution in [3.05, 3.63) is 30.3 Å². The summed E-state index contributed by atoms with van der Waals surface area (Å²) in [7, 11) is 0. The summed E-state index contributed by atoms with van der Waals surface area (Å²) in [6, 6.07) is 8.90. The third-order valence-electron chi connectivity index (χ3n) is 4.79. The number of carbonyl (C=O) groups is 2. The zero-order chi connectivity index (χ0) is 22.7. The van der Waals surface area contributed by atoms with Crippen LogP contribution in [0, 0.1) is 5.92 Å². The van der Waals surface area contributed by atoms with Gasteiger partial charge in [-0.1, -0.05) is 44.9 Å². The lowest BCUT2D eigenvalue weighted by atomic mass is 9.89. The van der Waals surface area contributed by atoms with Gasteiger partial charge in [-0.05, 0) is 59.6 Å². The maximum absolute atomic E-state index is 12.6. The summed E-state index contributed by atoms with van der Waals surface area (Å²) < 4.78 is 17.2. The first-order chi connectivity index (χ1) is 14.1. The van der Waals surface area contributed by atoms with Crippen LogP contribution in [-0.2, 0) is 14.3 Å². The molecule has 0 radical (unpaired) electrons. The first-order valence-electron chi connectivity index (χ1n) is 11.0. The first kappa shape index (κ1) is 25.8. The Labute approximate surface area is 181 Å². The lowest BCUT2D eigenvalue weighted by molar-refractivity contribution is -0.155. The Morgan fingerprint density at radius 1 is 1.07 bits per heavy atom. The van der Waals surface area contributed by atoms with E-state index in [2.05, 4.69) is 19.2 Å². The number of hydrogen-bond acceptors (Lipinski definition) is 5. The zero-order valence-corrected chi connectivity index (χ0v) is 19.6. The van der Waals surface area contributed by atoms with Gasteiger partial charge < -0.3 is 19.5 Å². The van der Waals surface area contributed by atoms with E-state index in [9.17, 15) is 9.59 Å². The smallest absolute Gasteiger partial charge is 0.408 e. The van der Waals surface area contributed by atoms with Crippen LogP contribution in [-0.4, -0.2) is 35.9 Å². The first-order valence-corrected chi connectivity index (χ1v) is 11.0. The van der Waals surface area contributed by atoms with Crippen LogP contribution in [0.4, 0.5) is 4.79 Å². The number of amides is 1. The van der Waals surface area contributed by atoms with Gasteiger partial charge in [-0.2, -0.15) is 0 Å². The molecule has 0 spiro atoms. The molecule has 0 fully saturated rings. The normalized spacial score (nSPS) is 15.4. The third-order valence-corrected chi connectivity index (χ3v) is 4.79. The minimum absolute atomic E-state index is 0.0489. The van der Waals surface area contributed by atoms with Crippen molar-refractivity contribution in [3.8, 4) is 5.75 Å². The van der Waals surface area contributed by atoms with E-state index < -0.39 is 23.7 Å². The highest BCUT2D eigenvalue weighted by molar-refractivity contribution is 5.81. The molecule has 0 unspecified atom stereocenters. The molecule has 30 heavy (non-hydrogen) atoms. The van der Waals surface area contributed by atoms with Gasteiger partial charge in [0.1, 0.15) is 29.6 Å². The largest absolute Gasteiger partial charge is 0.490 e. The van der Waals surface area contributed by atoms with Crippen LogP contribution in [0.25, 0.3) is 0 Å². The number of benzene rings is 1. The Bertz CT molecular complexity index is 641. The standard InChI is InChI=1S/C24H39NO5/c1-8-10-16-20(21(9-2)29-19-14-12-11-13-15-19)18(4)28-22(26)17(3)25-23(27)30-24(5,6)7/h11-15,17-18,20-21H,8-10,16H2,1-7H3,(H,25,27)/t17-,18-,20-,21+/m0/s1. The molecule has 6 heteroatoms. The van der Waals surface area contributed by atoms with Gasteiger partial charge in [0, 0.05) is 5.92 Å². The highest BCUT2D eigenvalue weighted by Gasteiger charge is 2.31. The minimum atomic E-state index is -0.802. The van der Waals surface area contributed by atoms with Crippen LogP contribution in [0.1, 0.15) is 74.1 Å². The molecule has 0 aliphatic carbocycles. The summed E-state index contributed by atoms with van der Waals surface area (Å²) in [5.74, 6) is 0.376. The fourth-order valence-corrected chi connectivity index (χ4v) is 3.23. The highest BCUT2D eigenvalue weighted by atomic mass is 16.6. The molecule has 0 bridgehead atoms. The fraction of sp³-hybridized carbons (Fsp3) is 0.667. The number of carbonyl (C=O) groups excluding carboxylic acids is 2. The Kier molecular flexibility index (Phi) is 10.7. The van der Waals surface area contributed by atoms with Gasteiger partial charge in [-0.15, -0.1) is 0 Å². The Morgan fingerprint density at radius 3 is 2.23 bits per heavy atom. The molecule has 1 aromatic carbocycles. The lowest BCUT2D eigenvalue weighted by Crippen LogP contribution is -2.45. The quantitative estimate of drug-likeness (QED) is 0.478. The van der Waals surface area contributed by atoms with E-state index in [1.54, 1.807) is 27.7 Å². The molecule has 0 aliphatic heterocycles. The lowest BCUT2D eigenvalue weighted by Gasteiger charge is -2.32. The predicted molar refractivity (Wildman–Crippen MR) is 119 cm³/mol. The summed E-state index contributed by atoms with van der Waals surface area (Å²) >= 11 is 0. The number of para-hydroxylation sites is 1. The van der Waals surface area contributed by atoms with Crippen molar-refractivity contribution in [1.29, 1.82) is 0 Å². The van der Waals surface area contributed by atoms with Crippen molar-refractivity contribution in [1.82, 2.24) is 5.32 Å². The molecule has 0 heterocycles. The maximum atomic E-state index is 12.6. The summed E-state index contributed by atoms with van der Waals surface area (Å²) in [5.41, 5.74) is -0.630. The summed E-state index contributed by atoms with van der Waals surface area (Å²) in [6.07, 6.45) is 2.71. The number of nitrogens with one attached hydrogen (secondary N) is 1. The molecule has 4 atom stereocenters. The summed E-state index contributed by atoms with van der Waals surface area (Å²) in [6.45, 7) is 13.0. The van der Waals surface area contributed by atoms with E-state index in [1.165, 1.54) is 0 Å². The molecule has 1 aromatic rings. The van der Waals surface area contributed by atoms with Crippen molar-refractivity contribution in [3.63, 3.8) is 0 Å². The highest BCUT2D eigenvalue weighted by Crippen LogP contribution is 2.26. The molecule has 0 aliphatic rings. The van der Waals surface area contributed by atoms with Crippen LogP contribution >= 0.6 is 0 Å². The number of unbranched alkanes of at least 4 members (excludes halogenated alkanes) is 1.